The number of hydroxylamine groups is 1. The van der Waals surface area contributed by atoms with Crippen LogP contribution in [0.15, 0.2) is 0 Å². The van der Waals surface area contributed by atoms with Gasteiger partial charge in [-0.25, -0.2) is 0 Å². The van der Waals surface area contributed by atoms with Gasteiger partial charge in [-0.15, -0.1) is 0 Å². The Hall–Kier alpha value is -1.67. The molecule has 0 spiro atoms. The highest BCUT2D eigenvalue weighted by Gasteiger charge is 2.39. The Morgan fingerprint density at radius 2 is 1.33 bits per heavy atom. The summed E-state index contributed by atoms with van der Waals surface area (Å²) in [5.74, 6) is -0.661. The van der Waals surface area contributed by atoms with Crippen molar-refractivity contribution < 1.29 is 29.4 Å². The molecule has 7 atom stereocenters. The maximum Gasteiger partial charge on any atom is 0.307 e. The van der Waals surface area contributed by atoms with Crippen molar-refractivity contribution in [3.8, 4) is 0 Å². The van der Waals surface area contributed by atoms with Crippen molar-refractivity contribution in [3.05, 3.63) is 0 Å². The molecule has 8 heteroatoms. The lowest BCUT2D eigenvalue weighted by Crippen LogP contribution is -2.48. The van der Waals surface area contributed by atoms with Gasteiger partial charge in [0, 0.05) is 12.1 Å². The predicted octanol–water partition coefficient (Wildman–Crippen LogP) is 5.55. The molecule has 39 heavy (non-hydrogen) atoms. The largest absolute Gasteiger partial charge is 0.481 e. The van der Waals surface area contributed by atoms with Crippen LogP contribution in [0.25, 0.3) is 0 Å². The molecule has 4 rings (SSSR count). The van der Waals surface area contributed by atoms with Crippen molar-refractivity contribution in [2.24, 2.45) is 41.4 Å². The summed E-state index contributed by atoms with van der Waals surface area (Å²) in [6.45, 7) is 2.71. The minimum atomic E-state index is -0.821. The van der Waals surface area contributed by atoms with Gasteiger partial charge in [-0.05, 0) is 101 Å². The molecule has 4 aliphatic rings. The van der Waals surface area contributed by atoms with Gasteiger partial charge >= 0.3 is 11.9 Å². The second kappa shape index (κ2) is 14.8. The third-order valence-electron chi connectivity index (χ3n) is 10.7. The highest BCUT2D eigenvalue weighted by atomic mass is 16.6. The summed E-state index contributed by atoms with van der Waals surface area (Å²) in [5.41, 5.74) is 3.26. The zero-order valence-electron chi connectivity index (χ0n) is 24.0. The fourth-order valence-corrected chi connectivity index (χ4v) is 8.24. The molecule has 0 aromatic carbocycles. The maximum atomic E-state index is 13.1. The molecule has 0 aromatic heterocycles. The normalized spacial score (nSPS) is 37.6. The number of carboxylic acid groups (broad SMARTS) is 2. The van der Waals surface area contributed by atoms with E-state index in [-0.39, 0.29) is 29.7 Å². The number of aliphatic carboxylic acids is 2. The van der Waals surface area contributed by atoms with Crippen molar-refractivity contribution in [2.75, 3.05) is 6.61 Å². The molecule has 0 saturated heterocycles. The van der Waals surface area contributed by atoms with Gasteiger partial charge in [-0.3, -0.25) is 14.4 Å². The zero-order chi connectivity index (χ0) is 27.8. The second-order valence-electron chi connectivity index (χ2n) is 13.2. The topological polar surface area (TPSA) is 125 Å². The molecule has 4 fully saturated rings. The molecule has 4 N–H and O–H groups in total. The SMILES string of the molecule is CCC1CC(CC2CCC(NOCC3CCCCC3C(=O)O)CC2)CCC1NC(=O)C1CCCCC1C(=O)O. The Balaban J connectivity index is 1.15. The first-order valence-electron chi connectivity index (χ1n) is 16.0. The van der Waals surface area contributed by atoms with Gasteiger partial charge in [0.15, 0.2) is 0 Å². The first kappa shape index (κ1) is 30.3. The van der Waals surface area contributed by atoms with Crippen molar-refractivity contribution >= 4 is 17.8 Å². The third kappa shape index (κ3) is 8.42. The number of carbonyl (C=O) groups excluding carboxylic acids is 1. The monoisotopic (exact) mass is 548 g/mol. The number of hydrogen-bond acceptors (Lipinski definition) is 5. The lowest BCUT2D eigenvalue weighted by Gasteiger charge is -2.39. The first-order chi connectivity index (χ1) is 18.9. The third-order valence-corrected chi connectivity index (χ3v) is 10.7. The number of rotatable bonds is 11. The van der Waals surface area contributed by atoms with Crippen LogP contribution in [0.5, 0.6) is 0 Å². The molecular formula is C31H52N2O6. The van der Waals surface area contributed by atoms with Crippen LogP contribution in [-0.2, 0) is 19.2 Å². The lowest BCUT2D eigenvalue weighted by molar-refractivity contribution is -0.149. The minimum absolute atomic E-state index is 0.0287. The fourth-order valence-electron chi connectivity index (χ4n) is 8.24. The minimum Gasteiger partial charge on any atom is -0.481 e. The van der Waals surface area contributed by atoms with E-state index in [0.29, 0.717) is 37.3 Å². The molecule has 0 heterocycles. The Bertz CT molecular complexity index is 813. The standard InChI is InChI=1S/C31H52N2O6/c1-2-22-18-21(13-16-28(22)32-29(34)26-9-5-6-10-27(26)31(37)38)17-20-11-14-24(15-12-20)33-39-19-23-7-3-4-8-25(23)30(35)36/h20-28,33H,2-19H2,1H3,(H,32,34)(H,35,36)(H,37,38). The Morgan fingerprint density at radius 3 is 2.00 bits per heavy atom. The van der Waals surface area contributed by atoms with Crippen LogP contribution in [0.2, 0.25) is 0 Å². The van der Waals surface area contributed by atoms with Gasteiger partial charge in [-0.1, -0.05) is 39.0 Å². The molecule has 222 valence electrons. The van der Waals surface area contributed by atoms with Crippen molar-refractivity contribution in [1.82, 2.24) is 10.8 Å². The van der Waals surface area contributed by atoms with Crippen LogP contribution in [0, 0.1) is 41.4 Å². The highest BCUT2D eigenvalue weighted by molar-refractivity contribution is 5.85. The molecule has 0 radical (unpaired) electrons. The molecule has 8 nitrogen and oxygen atoms in total. The summed E-state index contributed by atoms with van der Waals surface area (Å²) in [4.78, 5) is 42.1. The van der Waals surface area contributed by atoms with Crippen molar-refractivity contribution in [3.63, 3.8) is 0 Å². The smallest absolute Gasteiger partial charge is 0.307 e. The highest BCUT2D eigenvalue weighted by Crippen LogP contribution is 2.39. The Kier molecular flexibility index (Phi) is 11.5. The lowest BCUT2D eigenvalue weighted by atomic mass is 9.71. The molecule has 7 unspecified atom stereocenters. The van der Waals surface area contributed by atoms with E-state index in [1.807, 2.05) is 0 Å². The molecule has 0 aliphatic heterocycles. The van der Waals surface area contributed by atoms with E-state index >= 15 is 0 Å². The van der Waals surface area contributed by atoms with Gasteiger partial charge < -0.3 is 20.4 Å². The van der Waals surface area contributed by atoms with E-state index in [1.165, 1.54) is 19.3 Å². The number of amides is 1. The van der Waals surface area contributed by atoms with Crippen LogP contribution >= 0.6 is 0 Å². The van der Waals surface area contributed by atoms with E-state index in [2.05, 4.69) is 17.7 Å². The predicted molar refractivity (Wildman–Crippen MR) is 149 cm³/mol. The number of carbonyl (C=O) groups is 3. The number of hydrogen-bond donors (Lipinski definition) is 4. The van der Waals surface area contributed by atoms with E-state index < -0.39 is 17.9 Å². The van der Waals surface area contributed by atoms with Crippen molar-refractivity contribution in [1.29, 1.82) is 0 Å². The summed E-state index contributed by atoms with van der Waals surface area (Å²) in [5, 5.41) is 22.4. The van der Waals surface area contributed by atoms with Gasteiger partial charge in [0.05, 0.1) is 24.4 Å². The average Bonchev–Trinajstić information content (AvgIpc) is 2.94. The van der Waals surface area contributed by atoms with E-state index in [4.69, 9.17) is 4.84 Å². The van der Waals surface area contributed by atoms with E-state index in [9.17, 15) is 24.6 Å². The summed E-state index contributed by atoms with van der Waals surface area (Å²) in [6, 6.07) is 0.536. The van der Waals surface area contributed by atoms with Crippen molar-refractivity contribution in [2.45, 2.75) is 128 Å². The fraction of sp³-hybridized carbons (Fsp3) is 0.903. The Morgan fingerprint density at radius 1 is 0.718 bits per heavy atom. The average molecular weight is 549 g/mol. The molecule has 4 aliphatic carbocycles. The van der Waals surface area contributed by atoms with Crippen LogP contribution in [-0.4, -0.2) is 46.7 Å². The van der Waals surface area contributed by atoms with Gasteiger partial charge in [0.2, 0.25) is 5.91 Å². The van der Waals surface area contributed by atoms with Crippen LogP contribution in [0.4, 0.5) is 0 Å². The molecule has 0 aromatic rings. The molecule has 0 bridgehead atoms. The number of nitrogens with one attached hydrogen (secondary N) is 2. The molecule has 1 amide bonds. The van der Waals surface area contributed by atoms with Crippen LogP contribution in [0.1, 0.15) is 116 Å². The van der Waals surface area contributed by atoms with Gasteiger partial charge in [-0.2, -0.15) is 5.48 Å². The summed E-state index contributed by atoms with van der Waals surface area (Å²) in [7, 11) is 0. The zero-order valence-corrected chi connectivity index (χ0v) is 24.0. The van der Waals surface area contributed by atoms with Crippen LogP contribution < -0.4 is 10.8 Å². The quantitative estimate of drug-likeness (QED) is 0.250. The van der Waals surface area contributed by atoms with Gasteiger partial charge in [0.1, 0.15) is 0 Å². The maximum absolute atomic E-state index is 13.1. The summed E-state index contributed by atoms with van der Waals surface area (Å²) in [6.07, 6.45) is 17.2. The Labute approximate surface area is 234 Å². The number of carboxylic acids is 2. The molecule has 4 saturated carbocycles. The van der Waals surface area contributed by atoms with Crippen LogP contribution in [0.3, 0.4) is 0 Å². The summed E-state index contributed by atoms with van der Waals surface area (Å²) >= 11 is 0. The first-order valence-corrected chi connectivity index (χ1v) is 16.0. The van der Waals surface area contributed by atoms with E-state index in [1.54, 1.807) is 0 Å². The van der Waals surface area contributed by atoms with Gasteiger partial charge in [0.25, 0.3) is 0 Å². The second-order valence-corrected chi connectivity index (χ2v) is 13.2. The molecular weight excluding hydrogens is 496 g/mol. The van der Waals surface area contributed by atoms with E-state index in [0.717, 1.165) is 83.0 Å². The summed E-state index contributed by atoms with van der Waals surface area (Å²) < 4.78 is 0.